The van der Waals surface area contributed by atoms with Crippen LogP contribution in [0.25, 0.3) is 0 Å². The summed E-state index contributed by atoms with van der Waals surface area (Å²) >= 11 is 5.96. The van der Waals surface area contributed by atoms with Crippen molar-refractivity contribution in [3.05, 3.63) is 34.4 Å². The Bertz CT molecular complexity index is 657. The number of hydrogen-bond acceptors (Lipinski definition) is 4. The van der Waals surface area contributed by atoms with E-state index in [4.69, 9.17) is 16.7 Å². The van der Waals surface area contributed by atoms with E-state index in [-0.39, 0.29) is 6.61 Å². The standard InChI is InChI=1S/C16H24ClN5O/c1-12-16(13(2)21(19-12)7-8-23)11-20-5-3-15(4-6-20)22-10-14(17)9-18-22/h9-10,15,23H,3-8,11H2,1-2H3. The molecule has 0 bridgehead atoms. The molecule has 2 aromatic heterocycles. The van der Waals surface area contributed by atoms with Crippen molar-refractivity contribution in [2.45, 2.75) is 45.8 Å². The van der Waals surface area contributed by atoms with Gasteiger partial charge in [0.05, 0.1) is 36.1 Å². The first kappa shape index (κ1) is 16.5. The first-order valence-electron chi connectivity index (χ1n) is 8.14. The molecule has 2 aromatic rings. The minimum Gasteiger partial charge on any atom is -0.394 e. The summed E-state index contributed by atoms with van der Waals surface area (Å²) in [6.07, 6.45) is 5.78. The SMILES string of the molecule is Cc1nn(CCO)c(C)c1CN1CCC(n2cc(Cl)cn2)CC1. The van der Waals surface area contributed by atoms with E-state index in [1.165, 1.54) is 5.56 Å². The molecule has 0 unspecified atom stereocenters. The average Bonchev–Trinajstić information content (AvgIpc) is 3.08. The molecule has 1 saturated heterocycles. The van der Waals surface area contributed by atoms with Crippen LogP contribution in [0, 0.1) is 13.8 Å². The van der Waals surface area contributed by atoms with Crippen LogP contribution < -0.4 is 0 Å². The summed E-state index contributed by atoms with van der Waals surface area (Å²) in [7, 11) is 0. The second kappa shape index (κ2) is 7.03. The van der Waals surface area contributed by atoms with Gasteiger partial charge in [0.1, 0.15) is 0 Å². The minimum atomic E-state index is 0.124. The summed E-state index contributed by atoms with van der Waals surface area (Å²) in [6.45, 7) is 7.85. The molecule has 1 aliphatic heterocycles. The summed E-state index contributed by atoms with van der Waals surface area (Å²) in [5, 5.41) is 18.7. The van der Waals surface area contributed by atoms with Gasteiger partial charge in [0, 0.05) is 37.1 Å². The Balaban J connectivity index is 1.61. The minimum absolute atomic E-state index is 0.124. The fraction of sp³-hybridized carbons (Fsp3) is 0.625. The van der Waals surface area contributed by atoms with Crippen molar-refractivity contribution in [2.24, 2.45) is 0 Å². The molecule has 0 radical (unpaired) electrons. The summed E-state index contributed by atoms with van der Waals surface area (Å²) in [4.78, 5) is 2.47. The molecule has 3 heterocycles. The van der Waals surface area contributed by atoms with Crippen molar-refractivity contribution in [1.82, 2.24) is 24.5 Å². The Labute approximate surface area is 141 Å². The number of rotatable bonds is 5. The molecule has 0 atom stereocenters. The van der Waals surface area contributed by atoms with Gasteiger partial charge in [0.25, 0.3) is 0 Å². The molecular formula is C16H24ClN5O. The summed E-state index contributed by atoms with van der Waals surface area (Å²) in [6, 6.07) is 0.443. The van der Waals surface area contributed by atoms with Crippen LogP contribution in [0.3, 0.4) is 0 Å². The Morgan fingerprint density at radius 1 is 1.30 bits per heavy atom. The Morgan fingerprint density at radius 2 is 2.04 bits per heavy atom. The number of likely N-dealkylation sites (tertiary alicyclic amines) is 1. The number of piperidine rings is 1. The lowest BCUT2D eigenvalue weighted by Crippen LogP contribution is -2.34. The van der Waals surface area contributed by atoms with E-state index in [1.807, 2.05) is 15.6 Å². The molecule has 3 rings (SSSR count). The summed E-state index contributed by atoms with van der Waals surface area (Å²) < 4.78 is 3.90. The zero-order chi connectivity index (χ0) is 16.4. The third-order valence-corrected chi connectivity index (χ3v) is 4.92. The van der Waals surface area contributed by atoms with Gasteiger partial charge >= 0.3 is 0 Å². The van der Waals surface area contributed by atoms with Gasteiger partial charge in [0.2, 0.25) is 0 Å². The number of aryl methyl sites for hydroxylation is 1. The maximum absolute atomic E-state index is 9.12. The smallest absolute Gasteiger partial charge is 0.0785 e. The fourth-order valence-electron chi connectivity index (χ4n) is 3.36. The number of aliphatic hydroxyl groups is 1. The van der Waals surface area contributed by atoms with Crippen LogP contribution in [0.15, 0.2) is 12.4 Å². The quantitative estimate of drug-likeness (QED) is 0.908. The van der Waals surface area contributed by atoms with E-state index in [2.05, 4.69) is 28.9 Å². The molecule has 7 heteroatoms. The van der Waals surface area contributed by atoms with Crippen LogP contribution in [-0.2, 0) is 13.1 Å². The third-order valence-electron chi connectivity index (χ3n) is 4.73. The van der Waals surface area contributed by atoms with Crippen LogP contribution in [-0.4, -0.2) is 49.3 Å². The molecule has 0 saturated carbocycles. The van der Waals surface area contributed by atoms with E-state index in [9.17, 15) is 0 Å². The molecule has 1 fully saturated rings. The number of aliphatic hydroxyl groups excluding tert-OH is 1. The highest BCUT2D eigenvalue weighted by atomic mass is 35.5. The molecule has 0 aliphatic carbocycles. The van der Waals surface area contributed by atoms with Crippen molar-refractivity contribution in [3.8, 4) is 0 Å². The first-order chi connectivity index (χ1) is 11.1. The monoisotopic (exact) mass is 337 g/mol. The number of hydrogen-bond donors (Lipinski definition) is 1. The van der Waals surface area contributed by atoms with E-state index in [0.717, 1.165) is 43.9 Å². The molecule has 126 valence electrons. The van der Waals surface area contributed by atoms with Gasteiger partial charge in [0.15, 0.2) is 0 Å². The zero-order valence-electron chi connectivity index (χ0n) is 13.7. The summed E-state index contributed by atoms with van der Waals surface area (Å²) in [5.41, 5.74) is 3.52. The normalized spacial score (nSPS) is 17.0. The predicted octanol–water partition coefficient (Wildman–Crippen LogP) is 2.18. The average molecular weight is 338 g/mol. The van der Waals surface area contributed by atoms with Crippen molar-refractivity contribution >= 4 is 11.6 Å². The third kappa shape index (κ3) is 3.59. The maximum Gasteiger partial charge on any atom is 0.0785 e. The highest BCUT2D eigenvalue weighted by Crippen LogP contribution is 2.25. The highest BCUT2D eigenvalue weighted by Gasteiger charge is 2.23. The van der Waals surface area contributed by atoms with Gasteiger partial charge in [-0.25, -0.2) is 0 Å². The van der Waals surface area contributed by atoms with Crippen molar-refractivity contribution in [1.29, 1.82) is 0 Å². The van der Waals surface area contributed by atoms with E-state index in [1.54, 1.807) is 6.20 Å². The molecule has 1 aliphatic rings. The van der Waals surface area contributed by atoms with Gasteiger partial charge < -0.3 is 5.11 Å². The fourth-order valence-corrected chi connectivity index (χ4v) is 3.50. The molecule has 6 nitrogen and oxygen atoms in total. The van der Waals surface area contributed by atoms with Gasteiger partial charge in [-0.3, -0.25) is 14.3 Å². The second-order valence-electron chi connectivity index (χ2n) is 6.24. The molecule has 1 N–H and O–H groups in total. The summed E-state index contributed by atoms with van der Waals surface area (Å²) in [5.74, 6) is 0. The zero-order valence-corrected chi connectivity index (χ0v) is 14.5. The molecule has 0 spiro atoms. The van der Waals surface area contributed by atoms with Crippen molar-refractivity contribution in [3.63, 3.8) is 0 Å². The first-order valence-corrected chi connectivity index (χ1v) is 8.52. The Kier molecular flexibility index (Phi) is 5.04. The predicted molar refractivity (Wildman–Crippen MR) is 89.6 cm³/mol. The lowest BCUT2D eigenvalue weighted by Gasteiger charge is -2.32. The lowest BCUT2D eigenvalue weighted by atomic mass is 10.0. The van der Waals surface area contributed by atoms with Gasteiger partial charge in [-0.05, 0) is 26.7 Å². The van der Waals surface area contributed by atoms with Crippen molar-refractivity contribution in [2.75, 3.05) is 19.7 Å². The Morgan fingerprint density at radius 3 is 2.65 bits per heavy atom. The molecule has 0 amide bonds. The van der Waals surface area contributed by atoms with Crippen molar-refractivity contribution < 1.29 is 5.11 Å². The lowest BCUT2D eigenvalue weighted by molar-refractivity contribution is 0.172. The topological polar surface area (TPSA) is 59.1 Å². The maximum atomic E-state index is 9.12. The van der Waals surface area contributed by atoms with Crippen LogP contribution in [0.5, 0.6) is 0 Å². The number of nitrogens with zero attached hydrogens (tertiary/aromatic N) is 5. The molecule has 23 heavy (non-hydrogen) atoms. The largest absolute Gasteiger partial charge is 0.394 e. The van der Waals surface area contributed by atoms with Crippen LogP contribution in [0.1, 0.15) is 35.8 Å². The molecule has 0 aromatic carbocycles. The number of aromatic nitrogens is 4. The second-order valence-corrected chi connectivity index (χ2v) is 6.68. The van der Waals surface area contributed by atoms with E-state index in [0.29, 0.717) is 17.6 Å². The Hall–Kier alpha value is -1.37. The van der Waals surface area contributed by atoms with E-state index < -0.39 is 0 Å². The van der Waals surface area contributed by atoms with Crippen LogP contribution in [0.2, 0.25) is 5.02 Å². The van der Waals surface area contributed by atoms with Crippen LogP contribution >= 0.6 is 11.6 Å². The number of halogens is 1. The van der Waals surface area contributed by atoms with Gasteiger partial charge in [-0.15, -0.1) is 0 Å². The van der Waals surface area contributed by atoms with Gasteiger partial charge in [-0.1, -0.05) is 11.6 Å². The van der Waals surface area contributed by atoms with Gasteiger partial charge in [-0.2, -0.15) is 10.2 Å². The van der Waals surface area contributed by atoms with E-state index >= 15 is 0 Å². The molecular weight excluding hydrogens is 314 g/mol. The highest BCUT2D eigenvalue weighted by molar-refractivity contribution is 6.30. The van der Waals surface area contributed by atoms with Crippen LogP contribution in [0.4, 0.5) is 0 Å².